The molecule has 44 heavy (non-hydrogen) atoms. The molecule has 7 nitrogen and oxygen atoms in total. The van der Waals surface area contributed by atoms with Crippen LogP contribution in [0.2, 0.25) is 0 Å². The molecular weight excluding hydrogens is 607 g/mol. The van der Waals surface area contributed by atoms with Crippen molar-refractivity contribution < 1.29 is 9.47 Å². The van der Waals surface area contributed by atoms with Crippen molar-refractivity contribution in [3.05, 3.63) is 96.7 Å². The van der Waals surface area contributed by atoms with Crippen LogP contribution in [0.1, 0.15) is 12.0 Å². The third-order valence-corrected chi connectivity index (χ3v) is 10.3. The summed E-state index contributed by atoms with van der Waals surface area (Å²) in [4.78, 5) is 12.7. The first-order valence-corrected chi connectivity index (χ1v) is 17.5. The predicted octanol–water partition coefficient (Wildman–Crippen LogP) is 8.78. The van der Waals surface area contributed by atoms with E-state index in [-0.39, 0.29) is 0 Å². The van der Waals surface area contributed by atoms with E-state index < -0.39 is 0 Å². The van der Waals surface area contributed by atoms with E-state index in [1.165, 1.54) is 12.3 Å². The summed E-state index contributed by atoms with van der Waals surface area (Å²) in [6.07, 6.45) is 4.73. The number of nitrogens with one attached hydrogen (secondary N) is 1. The van der Waals surface area contributed by atoms with E-state index in [0.29, 0.717) is 23.9 Å². The molecule has 3 heterocycles. The quantitative estimate of drug-likeness (QED) is 0.107. The Labute approximate surface area is 270 Å². The normalized spacial score (nSPS) is 13.0. The molecular formula is C34H31N5O2S3. The van der Waals surface area contributed by atoms with Crippen molar-refractivity contribution in [2.75, 3.05) is 42.9 Å². The molecule has 0 radical (unpaired) electrons. The highest BCUT2D eigenvalue weighted by molar-refractivity contribution is 8.00. The monoisotopic (exact) mass is 637 g/mol. The standard InChI is InChI=1S/C34H31N5O2S3/c1-42-33-29(22-35)31(24-8-5-13-28(20-24)41-26-10-3-2-4-11-26)32(44-33)30-14-15-36-34(38-30)37-25-9-6-12-27(21-25)40-18-7-16-39-17-19-43-23-39/h2-6,8-15,20-21H,7,16-19,23H2,1H3,(H,36,37,38). The SMILES string of the molecule is CSc1sc(-c2ccnc(Nc3cccc(OCCCN4CCSC4)c3)n2)c(-c2cccc(Oc3ccccc3)c2)c1C#N. The van der Waals surface area contributed by atoms with Gasteiger partial charge < -0.3 is 14.8 Å². The summed E-state index contributed by atoms with van der Waals surface area (Å²) in [7, 11) is 0. The van der Waals surface area contributed by atoms with Crippen molar-refractivity contribution in [2.45, 2.75) is 10.6 Å². The number of nitriles is 1. The van der Waals surface area contributed by atoms with E-state index in [1.54, 1.807) is 29.3 Å². The number of benzene rings is 3. The van der Waals surface area contributed by atoms with Crippen LogP contribution in [0.15, 0.2) is 95.3 Å². The Hall–Kier alpha value is -4.01. The highest BCUT2D eigenvalue weighted by Crippen LogP contribution is 2.46. The van der Waals surface area contributed by atoms with Gasteiger partial charge in [0.25, 0.3) is 0 Å². The number of hydrogen-bond acceptors (Lipinski definition) is 10. The van der Waals surface area contributed by atoms with Crippen molar-refractivity contribution in [1.82, 2.24) is 14.9 Å². The van der Waals surface area contributed by atoms with Gasteiger partial charge in [-0.25, -0.2) is 9.97 Å². The summed E-state index contributed by atoms with van der Waals surface area (Å²) < 4.78 is 13.1. The first-order chi connectivity index (χ1) is 21.7. The van der Waals surface area contributed by atoms with Crippen LogP contribution >= 0.6 is 34.9 Å². The summed E-state index contributed by atoms with van der Waals surface area (Å²) in [5, 5.41) is 13.6. The van der Waals surface area contributed by atoms with Crippen LogP contribution in [0.5, 0.6) is 17.2 Å². The molecule has 0 spiro atoms. The van der Waals surface area contributed by atoms with Gasteiger partial charge >= 0.3 is 0 Å². The Balaban J connectivity index is 1.23. The Bertz CT molecular complexity index is 1750. The average Bonchev–Trinajstić information content (AvgIpc) is 3.72. The smallest absolute Gasteiger partial charge is 0.227 e. The Morgan fingerprint density at radius 1 is 1.00 bits per heavy atom. The fourth-order valence-electron chi connectivity index (χ4n) is 4.90. The molecule has 10 heteroatoms. The molecule has 0 bridgehead atoms. The van der Waals surface area contributed by atoms with E-state index >= 15 is 0 Å². The van der Waals surface area contributed by atoms with Crippen LogP contribution in [0, 0.1) is 11.3 Å². The molecule has 0 aliphatic carbocycles. The molecule has 2 aromatic heterocycles. The second-order valence-corrected chi connectivity index (χ2v) is 13.2. The van der Waals surface area contributed by atoms with Crippen molar-refractivity contribution in [2.24, 2.45) is 0 Å². The number of rotatable bonds is 12. The molecule has 1 aliphatic heterocycles. The van der Waals surface area contributed by atoms with Gasteiger partial charge in [-0.1, -0.05) is 36.4 Å². The summed E-state index contributed by atoms with van der Waals surface area (Å²) in [5.41, 5.74) is 3.95. The van der Waals surface area contributed by atoms with Gasteiger partial charge in [0.05, 0.1) is 27.0 Å². The molecule has 3 aromatic carbocycles. The molecule has 1 saturated heterocycles. The molecule has 1 aliphatic rings. The second kappa shape index (κ2) is 14.6. The van der Waals surface area contributed by atoms with E-state index in [1.807, 2.05) is 103 Å². The van der Waals surface area contributed by atoms with Gasteiger partial charge in [-0.15, -0.1) is 34.9 Å². The molecule has 0 unspecified atom stereocenters. The number of nitrogens with zero attached hydrogens (tertiary/aromatic N) is 4. The van der Waals surface area contributed by atoms with Gasteiger partial charge in [0.1, 0.15) is 23.3 Å². The first-order valence-electron chi connectivity index (χ1n) is 14.3. The van der Waals surface area contributed by atoms with Crippen molar-refractivity contribution in [3.8, 4) is 45.0 Å². The van der Waals surface area contributed by atoms with Crippen LogP contribution in [0.3, 0.4) is 0 Å². The number of thiophene rings is 1. The van der Waals surface area contributed by atoms with E-state index in [9.17, 15) is 5.26 Å². The largest absolute Gasteiger partial charge is 0.493 e. The number of anilines is 2. The maximum Gasteiger partial charge on any atom is 0.227 e. The van der Waals surface area contributed by atoms with Gasteiger partial charge in [0, 0.05) is 48.2 Å². The Kier molecular flexibility index (Phi) is 10.00. The fourth-order valence-corrected chi connectivity index (χ4v) is 7.84. The lowest BCUT2D eigenvalue weighted by molar-refractivity contribution is 0.269. The minimum Gasteiger partial charge on any atom is -0.493 e. The second-order valence-electron chi connectivity index (χ2n) is 10.0. The lowest BCUT2D eigenvalue weighted by Crippen LogP contribution is -2.22. The predicted molar refractivity (Wildman–Crippen MR) is 183 cm³/mol. The fraction of sp³-hybridized carbons (Fsp3) is 0.206. The van der Waals surface area contributed by atoms with Crippen LogP contribution < -0.4 is 14.8 Å². The third-order valence-electron chi connectivity index (χ3n) is 6.97. The van der Waals surface area contributed by atoms with Crippen LogP contribution in [-0.4, -0.2) is 52.4 Å². The van der Waals surface area contributed by atoms with Gasteiger partial charge in [-0.2, -0.15) is 5.26 Å². The number of thioether (sulfide) groups is 2. The summed E-state index contributed by atoms with van der Waals surface area (Å²) >= 11 is 5.11. The molecule has 222 valence electrons. The zero-order valence-electron chi connectivity index (χ0n) is 24.2. The summed E-state index contributed by atoms with van der Waals surface area (Å²) in [6, 6.07) is 29.7. The van der Waals surface area contributed by atoms with Crippen molar-refractivity contribution in [3.63, 3.8) is 0 Å². The number of aromatic nitrogens is 2. The number of hydrogen-bond donors (Lipinski definition) is 1. The van der Waals surface area contributed by atoms with Gasteiger partial charge in [-0.05, 0) is 60.7 Å². The topological polar surface area (TPSA) is 83.3 Å². The van der Waals surface area contributed by atoms with Crippen LogP contribution in [0.25, 0.3) is 21.7 Å². The maximum absolute atomic E-state index is 10.2. The zero-order valence-corrected chi connectivity index (χ0v) is 26.7. The average molecular weight is 638 g/mol. The maximum atomic E-state index is 10.2. The van der Waals surface area contributed by atoms with E-state index in [0.717, 1.165) is 61.9 Å². The molecule has 6 rings (SSSR count). The highest BCUT2D eigenvalue weighted by atomic mass is 32.2. The van der Waals surface area contributed by atoms with Crippen LogP contribution in [-0.2, 0) is 0 Å². The van der Waals surface area contributed by atoms with Gasteiger partial charge in [-0.3, -0.25) is 4.90 Å². The summed E-state index contributed by atoms with van der Waals surface area (Å²) in [5.74, 6) is 5.07. The number of para-hydroxylation sites is 1. The van der Waals surface area contributed by atoms with Crippen molar-refractivity contribution >= 4 is 46.5 Å². The molecule has 0 saturated carbocycles. The highest BCUT2D eigenvalue weighted by Gasteiger charge is 2.22. The third kappa shape index (κ3) is 7.37. The number of ether oxygens (including phenoxy) is 2. The van der Waals surface area contributed by atoms with E-state index in [2.05, 4.69) is 21.3 Å². The van der Waals surface area contributed by atoms with Crippen molar-refractivity contribution in [1.29, 1.82) is 5.26 Å². The lowest BCUT2D eigenvalue weighted by atomic mass is 10.0. The summed E-state index contributed by atoms with van der Waals surface area (Å²) in [6.45, 7) is 2.91. The minimum absolute atomic E-state index is 0.468. The van der Waals surface area contributed by atoms with Gasteiger partial charge in [0.2, 0.25) is 5.95 Å². The lowest BCUT2D eigenvalue weighted by Gasteiger charge is -2.14. The molecule has 0 amide bonds. The molecule has 0 atom stereocenters. The van der Waals surface area contributed by atoms with Crippen LogP contribution in [0.4, 0.5) is 11.6 Å². The van der Waals surface area contributed by atoms with Gasteiger partial charge in [0.15, 0.2) is 0 Å². The Morgan fingerprint density at radius 3 is 2.66 bits per heavy atom. The molecule has 1 N–H and O–H groups in total. The first kappa shape index (κ1) is 30.0. The van der Waals surface area contributed by atoms with E-state index in [4.69, 9.17) is 14.5 Å². The zero-order chi connectivity index (χ0) is 30.1. The Morgan fingerprint density at radius 2 is 1.84 bits per heavy atom. The minimum atomic E-state index is 0.468. The molecule has 1 fully saturated rings. The molecule has 5 aromatic rings.